The van der Waals surface area contributed by atoms with Crippen LogP contribution >= 0.6 is 11.6 Å². The Kier molecular flexibility index (Phi) is 5.44. The fourth-order valence-electron chi connectivity index (χ4n) is 2.66. The molecular weight excluding hydrogens is 272 g/mol. The number of hydrogen-bond donors (Lipinski definition) is 1. The summed E-state index contributed by atoms with van der Waals surface area (Å²) in [6, 6.07) is 7.70. The van der Waals surface area contributed by atoms with E-state index >= 15 is 0 Å². The molecule has 20 heavy (non-hydrogen) atoms. The zero-order chi connectivity index (χ0) is 14.5. The fraction of sp³-hybridized carbons (Fsp3) is 0.562. The smallest absolute Gasteiger partial charge is 0.241 e. The fourth-order valence-corrected chi connectivity index (χ4v) is 2.79. The maximum Gasteiger partial charge on any atom is 0.241 e. The third-order valence-electron chi connectivity index (χ3n) is 3.85. The first-order valence-corrected chi connectivity index (χ1v) is 7.87. The van der Waals surface area contributed by atoms with Crippen LogP contribution in [-0.2, 0) is 4.79 Å². The molecule has 2 unspecified atom stereocenters. The molecular formula is C16H23ClN2O. The van der Waals surface area contributed by atoms with Gasteiger partial charge in [-0.15, -0.1) is 0 Å². The lowest BCUT2D eigenvalue weighted by Gasteiger charge is -2.24. The Labute approximate surface area is 126 Å². The number of rotatable bonds is 6. The molecule has 1 saturated heterocycles. The molecule has 2 atom stereocenters. The zero-order valence-corrected chi connectivity index (χ0v) is 13.0. The highest BCUT2D eigenvalue weighted by atomic mass is 35.5. The number of nitrogens with one attached hydrogen (secondary N) is 1. The zero-order valence-electron chi connectivity index (χ0n) is 12.2. The van der Waals surface area contributed by atoms with Crippen LogP contribution in [0, 0.1) is 0 Å². The van der Waals surface area contributed by atoms with E-state index in [1.807, 2.05) is 36.1 Å². The molecule has 1 aromatic carbocycles. The number of benzene rings is 1. The summed E-state index contributed by atoms with van der Waals surface area (Å²) >= 11 is 5.94. The van der Waals surface area contributed by atoms with E-state index in [1.165, 1.54) is 0 Å². The van der Waals surface area contributed by atoms with Crippen LogP contribution in [0.3, 0.4) is 0 Å². The van der Waals surface area contributed by atoms with Crippen LogP contribution in [0.4, 0.5) is 0 Å². The molecule has 0 aliphatic carbocycles. The molecule has 1 amide bonds. The van der Waals surface area contributed by atoms with Crippen LogP contribution < -0.4 is 5.32 Å². The monoisotopic (exact) mass is 294 g/mol. The Morgan fingerprint density at radius 3 is 2.50 bits per heavy atom. The van der Waals surface area contributed by atoms with Gasteiger partial charge in [-0.1, -0.05) is 50.4 Å². The molecule has 0 saturated carbocycles. The molecule has 1 heterocycles. The maximum atomic E-state index is 12.4. The van der Waals surface area contributed by atoms with Gasteiger partial charge in [-0.25, -0.2) is 0 Å². The lowest BCUT2D eigenvalue weighted by Crippen LogP contribution is -2.31. The standard InChI is InChI=1S/C16H23ClN2O/c1-3-5-6-11-19-15(18-14(4-2)16(19)20)12-7-9-13(17)10-8-12/h7-10,14-15,18H,3-6,11H2,1-2H3. The largest absolute Gasteiger partial charge is 0.322 e. The summed E-state index contributed by atoms with van der Waals surface area (Å²) in [6.45, 7) is 5.04. The predicted molar refractivity (Wildman–Crippen MR) is 82.6 cm³/mol. The summed E-state index contributed by atoms with van der Waals surface area (Å²) in [5.41, 5.74) is 1.11. The highest BCUT2D eigenvalue weighted by molar-refractivity contribution is 6.30. The molecule has 4 heteroatoms. The molecule has 3 nitrogen and oxygen atoms in total. The van der Waals surface area contributed by atoms with Gasteiger partial charge >= 0.3 is 0 Å². The Morgan fingerprint density at radius 2 is 1.90 bits per heavy atom. The summed E-state index contributed by atoms with van der Waals surface area (Å²) < 4.78 is 0. The average Bonchev–Trinajstić information content (AvgIpc) is 2.77. The quantitative estimate of drug-likeness (QED) is 0.811. The van der Waals surface area contributed by atoms with E-state index in [0.717, 1.165) is 42.8 Å². The Bertz CT molecular complexity index is 446. The number of carbonyl (C=O) groups excluding carboxylic acids is 1. The van der Waals surface area contributed by atoms with E-state index in [-0.39, 0.29) is 18.1 Å². The SMILES string of the molecule is CCCCCN1C(=O)C(CC)NC1c1ccc(Cl)cc1. The molecule has 0 aromatic heterocycles. The number of carbonyl (C=O) groups is 1. The lowest BCUT2D eigenvalue weighted by atomic mass is 10.1. The molecule has 110 valence electrons. The van der Waals surface area contributed by atoms with Crippen molar-refractivity contribution in [1.29, 1.82) is 0 Å². The lowest BCUT2D eigenvalue weighted by molar-refractivity contribution is -0.130. The van der Waals surface area contributed by atoms with Crippen molar-refractivity contribution >= 4 is 17.5 Å². The van der Waals surface area contributed by atoms with Gasteiger partial charge in [0.1, 0.15) is 6.17 Å². The van der Waals surface area contributed by atoms with Gasteiger partial charge in [0.15, 0.2) is 0 Å². The van der Waals surface area contributed by atoms with Crippen molar-refractivity contribution in [3.8, 4) is 0 Å². The van der Waals surface area contributed by atoms with Crippen molar-refractivity contribution in [2.45, 2.75) is 51.7 Å². The molecule has 0 spiro atoms. The van der Waals surface area contributed by atoms with E-state index in [0.29, 0.717) is 0 Å². The second kappa shape index (κ2) is 7.09. The van der Waals surface area contributed by atoms with E-state index in [2.05, 4.69) is 12.2 Å². The molecule has 0 radical (unpaired) electrons. The van der Waals surface area contributed by atoms with Crippen LogP contribution in [0.5, 0.6) is 0 Å². The van der Waals surface area contributed by atoms with Crippen molar-refractivity contribution < 1.29 is 4.79 Å². The Morgan fingerprint density at radius 1 is 1.20 bits per heavy atom. The summed E-state index contributed by atoms with van der Waals surface area (Å²) in [6.07, 6.45) is 4.20. The van der Waals surface area contributed by atoms with Gasteiger partial charge < -0.3 is 4.90 Å². The van der Waals surface area contributed by atoms with Crippen molar-refractivity contribution in [1.82, 2.24) is 10.2 Å². The van der Waals surface area contributed by atoms with Gasteiger partial charge in [0.2, 0.25) is 5.91 Å². The third-order valence-corrected chi connectivity index (χ3v) is 4.10. The molecule has 2 rings (SSSR count). The first kappa shape index (κ1) is 15.3. The number of amides is 1. The molecule has 1 aliphatic heterocycles. The van der Waals surface area contributed by atoms with Gasteiger partial charge in [-0.05, 0) is 30.5 Å². The van der Waals surface area contributed by atoms with E-state index in [4.69, 9.17) is 11.6 Å². The number of hydrogen-bond acceptors (Lipinski definition) is 2. The average molecular weight is 295 g/mol. The molecule has 1 aromatic rings. The van der Waals surface area contributed by atoms with Crippen molar-refractivity contribution in [2.75, 3.05) is 6.54 Å². The van der Waals surface area contributed by atoms with Gasteiger partial charge in [0.05, 0.1) is 6.04 Å². The Balaban J connectivity index is 2.15. The summed E-state index contributed by atoms with van der Waals surface area (Å²) in [4.78, 5) is 14.4. The summed E-state index contributed by atoms with van der Waals surface area (Å²) in [5.74, 6) is 0.226. The molecule has 0 bridgehead atoms. The van der Waals surface area contributed by atoms with Gasteiger partial charge in [-0.3, -0.25) is 10.1 Å². The molecule has 1 N–H and O–H groups in total. The van der Waals surface area contributed by atoms with E-state index < -0.39 is 0 Å². The molecule has 1 fully saturated rings. The number of unbranched alkanes of at least 4 members (excludes halogenated alkanes) is 2. The minimum Gasteiger partial charge on any atom is -0.322 e. The third kappa shape index (κ3) is 3.33. The van der Waals surface area contributed by atoms with E-state index in [9.17, 15) is 4.79 Å². The summed E-state index contributed by atoms with van der Waals surface area (Å²) in [7, 11) is 0. The highest BCUT2D eigenvalue weighted by Gasteiger charge is 2.37. The van der Waals surface area contributed by atoms with Crippen LogP contribution in [0.15, 0.2) is 24.3 Å². The first-order valence-electron chi connectivity index (χ1n) is 7.49. The van der Waals surface area contributed by atoms with Gasteiger partial charge in [0.25, 0.3) is 0 Å². The minimum absolute atomic E-state index is 0.0124. The van der Waals surface area contributed by atoms with Crippen molar-refractivity contribution in [3.05, 3.63) is 34.9 Å². The maximum absolute atomic E-state index is 12.4. The molecule has 1 aliphatic rings. The van der Waals surface area contributed by atoms with Crippen LogP contribution in [-0.4, -0.2) is 23.4 Å². The number of nitrogens with zero attached hydrogens (tertiary/aromatic N) is 1. The van der Waals surface area contributed by atoms with E-state index in [1.54, 1.807) is 0 Å². The normalized spacial score (nSPS) is 22.6. The van der Waals surface area contributed by atoms with Crippen LogP contribution in [0.2, 0.25) is 5.02 Å². The second-order valence-electron chi connectivity index (χ2n) is 5.32. The van der Waals surface area contributed by atoms with Gasteiger partial charge in [0, 0.05) is 11.6 Å². The predicted octanol–water partition coefficient (Wildman–Crippen LogP) is 3.74. The second-order valence-corrected chi connectivity index (χ2v) is 5.76. The van der Waals surface area contributed by atoms with Crippen molar-refractivity contribution in [3.63, 3.8) is 0 Å². The topological polar surface area (TPSA) is 32.3 Å². The minimum atomic E-state index is -0.0581. The summed E-state index contributed by atoms with van der Waals surface area (Å²) in [5, 5.41) is 4.16. The number of halogens is 1. The highest BCUT2D eigenvalue weighted by Crippen LogP contribution is 2.27. The Hall–Kier alpha value is -1.06. The van der Waals surface area contributed by atoms with Crippen molar-refractivity contribution in [2.24, 2.45) is 0 Å². The van der Waals surface area contributed by atoms with Gasteiger partial charge in [-0.2, -0.15) is 0 Å². The van der Waals surface area contributed by atoms with Crippen LogP contribution in [0.1, 0.15) is 51.3 Å². The first-order chi connectivity index (χ1) is 9.67. The van der Waals surface area contributed by atoms with Crippen LogP contribution in [0.25, 0.3) is 0 Å².